The van der Waals surface area contributed by atoms with E-state index in [1.165, 1.54) is 62.2 Å². The zero-order valence-corrected chi connectivity index (χ0v) is 9.84. The Balaban J connectivity index is 1.85. The van der Waals surface area contributed by atoms with Crippen LogP contribution in [0.2, 0.25) is 0 Å². The first-order valence-corrected chi connectivity index (χ1v) is 6.67. The van der Waals surface area contributed by atoms with Crippen molar-refractivity contribution in [1.82, 2.24) is 9.97 Å². The molecule has 88 valence electrons. The van der Waals surface area contributed by atoms with Gasteiger partial charge in [0.2, 0.25) is 0 Å². The van der Waals surface area contributed by atoms with Crippen molar-refractivity contribution in [2.75, 3.05) is 0 Å². The Kier molecular flexibility index (Phi) is 2.72. The molecule has 3 heteroatoms. The van der Waals surface area contributed by atoms with Gasteiger partial charge < -0.3 is 10.7 Å². The van der Waals surface area contributed by atoms with Crippen molar-refractivity contribution in [3.05, 3.63) is 17.2 Å². The van der Waals surface area contributed by atoms with Crippen LogP contribution in [0.25, 0.3) is 0 Å². The van der Waals surface area contributed by atoms with Gasteiger partial charge in [-0.2, -0.15) is 0 Å². The number of rotatable bonds is 3. The zero-order chi connectivity index (χ0) is 11.0. The molecule has 2 saturated carbocycles. The Labute approximate surface area is 96.8 Å². The molecule has 0 radical (unpaired) electrons. The van der Waals surface area contributed by atoms with Crippen molar-refractivity contribution >= 4 is 0 Å². The molecule has 0 amide bonds. The van der Waals surface area contributed by atoms with Crippen LogP contribution in [0.1, 0.15) is 74.0 Å². The van der Waals surface area contributed by atoms with Gasteiger partial charge in [0.1, 0.15) is 5.82 Å². The molecule has 0 aromatic carbocycles. The predicted octanol–water partition coefficient (Wildman–Crippen LogP) is 2.79. The van der Waals surface area contributed by atoms with E-state index in [2.05, 4.69) is 4.98 Å². The summed E-state index contributed by atoms with van der Waals surface area (Å²) in [5.74, 6) is 2.60. The molecule has 2 fully saturated rings. The summed E-state index contributed by atoms with van der Waals surface area (Å²) in [4.78, 5) is 8.29. The fourth-order valence-corrected chi connectivity index (χ4v) is 2.86. The minimum absolute atomic E-state index is 0.617. The highest BCUT2D eigenvalue weighted by Gasteiger charge is 2.29. The SMILES string of the molecule is NCc1[nH]c(C2CC2)nc1C1CCCCC1. The summed E-state index contributed by atoms with van der Waals surface area (Å²) >= 11 is 0. The molecule has 3 N–H and O–H groups in total. The second-order valence-electron chi connectivity index (χ2n) is 5.30. The quantitative estimate of drug-likeness (QED) is 0.821. The van der Waals surface area contributed by atoms with Crippen LogP contribution in [0.3, 0.4) is 0 Å². The number of H-pyrrole nitrogens is 1. The Morgan fingerprint density at radius 1 is 1.06 bits per heavy atom. The molecule has 0 bridgehead atoms. The van der Waals surface area contributed by atoms with Gasteiger partial charge in [-0.25, -0.2) is 4.98 Å². The van der Waals surface area contributed by atoms with Gasteiger partial charge in [-0.05, 0) is 25.7 Å². The van der Waals surface area contributed by atoms with E-state index < -0.39 is 0 Å². The standard InChI is InChI=1S/C13H21N3/c14-8-11-12(9-4-2-1-3-5-9)16-13(15-11)10-6-7-10/h9-10H,1-8,14H2,(H,15,16). The van der Waals surface area contributed by atoms with Crippen LogP contribution >= 0.6 is 0 Å². The lowest BCUT2D eigenvalue weighted by molar-refractivity contribution is 0.435. The first-order chi connectivity index (χ1) is 7.88. The normalized spacial score (nSPS) is 22.6. The van der Waals surface area contributed by atoms with Crippen LogP contribution in [-0.4, -0.2) is 9.97 Å². The van der Waals surface area contributed by atoms with Gasteiger partial charge in [-0.3, -0.25) is 0 Å². The number of aromatic nitrogens is 2. The van der Waals surface area contributed by atoms with E-state index in [4.69, 9.17) is 10.7 Å². The van der Waals surface area contributed by atoms with Gasteiger partial charge in [0.25, 0.3) is 0 Å². The molecular formula is C13H21N3. The molecule has 16 heavy (non-hydrogen) atoms. The minimum atomic E-state index is 0.617. The average Bonchev–Trinajstić information content (AvgIpc) is 3.10. The van der Waals surface area contributed by atoms with E-state index in [1.807, 2.05) is 0 Å². The van der Waals surface area contributed by atoms with Crippen molar-refractivity contribution in [3.8, 4) is 0 Å². The maximum atomic E-state index is 5.82. The first-order valence-electron chi connectivity index (χ1n) is 6.67. The lowest BCUT2D eigenvalue weighted by atomic mass is 9.86. The van der Waals surface area contributed by atoms with Crippen LogP contribution in [-0.2, 0) is 6.54 Å². The zero-order valence-electron chi connectivity index (χ0n) is 9.84. The monoisotopic (exact) mass is 219 g/mol. The maximum absolute atomic E-state index is 5.82. The summed E-state index contributed by atoms with van der Waals surface area (Å²) in [5.41, 5.74) is 8.32. The number of imidazole rings is 1. The van der Waals surface area contributed by atoms with Crippen molar-refractivity contribution in [2.45, 2.75) is 63.3 Å². The third-order valence-electron chi connectivity index (χ3n) is 3.99. The van der Waals surface area contributed by atoms with E-state index in [1.54, 1.807) is 0 Å². The van der Waals surface area contributed by atoms with Gasteiger partial charge in [-0.1, -0.05) is 19.3 Å². The van der Waals surface area contributed by atoms with Gasteiger partial charge >= 0.3 is 0 Å². The molecule has 1 aromatic rings. The Morgan fingerprint density at radius 3 is 2.44 bits per heavy atom. The number of hydrogen-bond donors (Lipinski definition) is 2. The Hall–Kier alpha value is -0.830. The van der Waals surface area contributed by atoms with Crippen LogP contribution in [0.15, 0.2) is 0 Å². The average molecular weight is 219 g/mol. The van der Waals surface area contributed by atoms with E-state index >= 15 is 0 Å². The third-order valence-corrected chi connectivity index (χ3v) is 3.99. The largest absolute Gasteiger partial charge is 0.344 e. The van der Waals surface area contributed by atoms with Crippen molar-refractivity contribution in [2.24, 2.45) is 5.73 Å². The maximum Gasteiger partial charge on any atom is 0.109 e. The van der Waals surface area contributed by atoms with Gasteiger partial charge in [0.15, 0.2) is 0 Å². The van der Waals surface area contributed by atoms with E-state index in [9.17, 15) is 0 Å². The summed E-state index contributed by atoms with van der Waals surface area (Å²) < 4.78 is 0. The van der Waals surface area contributed by atoms with Crippen molar-refractivity contribution < 1.29 is 0 Å². The second kappa shape index (κ2) is 4.21. The number of hydrogen-bond acceptors (Lipinski definition) is 2. The molecule has 0 unspecified atom stereocenters. The molecular weight excluding hydrogens is 198 g/mol. The number of nitrogens with zero attached hydrogens (tertiary/aromatic N) is 1. The number of nitrogens with two attached hydrogens (primary N) is 1. The van der Waals surface area contributed by atoms with E-state index in [0.29, 0.717) is 18.4 Å². The molecule has 3 rings (SSSR count). The topological polar surface area (TPSA) is 54.7 Å². The molecule has 1 heterocycles. The Bertz CT molecular complexity index is 359. The lowest BCUT2D eigenvalue weighted by Gasteiger charge is -2.20. The van der Waals surface area contributed by atoms with E-state index in [-0.39, 0.29) is 0 Å². The molecule has 3 nitrogen and oxygen atoms in total. The fraction of sp³-hybridized carbons (Fsp3) is 0.769. The van der Waals surface area contributed by atoms with Crippen LogP contribution < -0.4 is 5.73 Å². The van der Waals surface area contributed by atoms with Gasteiger partial charge in [0.05, 0.1) is 11.4 Å². The van der Waals surface area contributed by atoms with E-state index in [0.717, 1.165) is 0 Å². The Morgan fingerprint density at radius 2 is 1.81 bits per heavy atom. The first kappa shape index (κ1) is 10.3. The number of nitrogens with one attached hydrogen (secondary N) is 1. The number of aromatic amines is 1. The fourth-order valence-electron chi connectivity index (χ4n) is 2.86. The summed E-state index contributed by atoms with van der Waals surface area (Å²) in [6.07, 6.45) is 9.35. The molecule has 2 aliphatic rings. The van der Waals surface area contributed by atoms with Crippen LogP contribution in [0.5, 0.6) is 0 Å². The van der Waals surface area contributed by atoms with Gasteiger partial charge in [-0.15, -0.1) is 0 Å². The molecule has 0 aliphatic heterocycles. The summed E-state index contributed by atoms with van der Waals surface area (Å²) in [5, 5.41) is 0. The smallest absolute Gasteiger partial charge is 0.109 e. The molecule has 0 spiro atoms. The minimum Gasteiger partial charge on any atom is -0.344 e. The van der Waals surface area contributed by atoms with Crippen molar-refractivity contribution in [3.63, 3.8) is 0 Å². The second-order valence-corrected chi connectivity index (χ2v) is 5.30. The molecule has 2 aliphatic carbocycles. The molecule has 1 aromatic heterocycles. The molecule has 0 saturated heterocycles. The van der Waals surface area contributed by atoms with Crippen LogP contribution in [0.4, 0.5) is 0 Å². The summed E-state index contributed by atoms with van der Waals surface area (Å²) in [6, 6.07) is 0. The van der Waals surface area contributed by atoms with Crippen LogP contribution in [0, 0.1) is 0 Å². The molecule has 0 atom stereocenters. The summed E-state index contributed by atoms with van der Waals surface area (Å²) in [7, 11) is 0. The lowest BCUT2D eigenvalue weighted by Crippen LogP contribution is -2.09. The highest BCUT2D eigenvalue weighted by Crippen LogP contribution is 2.40. The van der Waals surface area contributed by atoms with Crippen molar-refractivity contribution in [1.29, 1.82) is 0 Å². The highest BCUT2D eigenvalue weighted by molar-refractivity contribution is 5.22. The third kappa shape index (κ3) is 1.88. The highest BCUT2D eigenvalue weighted by atomic mass is 15.0. The predicted molar refractivity (Wildman–Crippen MR) is 64.3 cm³/mol. The summed E-state index contributed by atoms with van der Waals surface area (Å²) in [6.45, 7) is 0.617. The van der Waals surface area contributed by atoms with Gasteiger partial charge in [0, 0.05) is 18.4 Å².